The molecule has 26 heavy (non-hydrogen) atoms. The number of rotatable bonds is 7. The Kier molecular flexibility index (Phi) is 6.59. The number of carbonyl (C=O) groups is 2. The van der Waals surface area contributed by atoms with Crippen molar-refractivity contribution in [1.82, 2.24) is 0 Å². The number of ether oxygens (including phenoxy) is 2. The summed E-state index contributed by atoms with van der Waals surface area (Å²) < 4.78 is 17.3. The molecule has 0 spiro atoms. The van der Waals surface area contributed by atoms with E-state index >= 15 is 0 Å². The largest absolute Gasteiger partial charge is 0.546 e. The molecule has 0 amide bonds. The molecule has 0 radical (unpaired) electrons. The minimum Gasteiger partial charge on any atom is -0.546 e. The fourth-order valence-electron chi connectivity index (χ4n) is 4.95. The van der Waals surface area contributed by atoms with E-state index < -0.39 is 20.2 Å². The van der Waals surface area contributed by atoms with Gasteiger partial charge in [-0.3, -0.25) is 9.59 Å². The van der Waals surface area contributed by atoms with Crippen LogP contribution in [0.3, 0.4) is 0 Å². The zero-order valence-corrected chi connectivity index (χ0v) is 18.2. The Labute approximate surface area is 158 Å². The first-order valence-electron chi connectivity index (χ1n) is 9.88. The van der Waals surface area contributed by atoms with Crippen LogP contribution in [0.2, 0.25) is 16.6 Å². The summed E-state index contributed by atoms with van der Waals surface area (Å²) in [5.41, 5.74) is 1.34. The Morgan fingerprint density at radius 1 is 1.19 bits per heavy atom. The highest BCUT2D eigenvalue weighted by molar-refractivity contribution is 6.77. The summed E-state index contributed by atoms with van der Waals surface area (Å²) in [5.74, 6) is -0.795. The molecule has 5 nitrogen and oxygen atoms in total. The number of cyclic esters (lactones) is 1. The summed E-state index contributed by atoms with van der Waals surface area (Å²) in [4.78, 5) is 24.7. The van der Waals surface area contributed by atoms with Crippen LogP contribution in [-0.2, 0) is 23.5 Å². The number of esters is 2. The Balaban J connectivity index is 2.35. The lowest BCUT2D eigenvalue weighted by Gasteiger charge is -2.44. The van der Waals surface area contributed by atoms with Crippen molar-refractivity contribution in [3.63, 3.8) is 0 Å². The van der Waals surface area contributed by atoms with E-state index in [-0.39, 0.29) is 17.9 Å². The molecule has 0 saturated carbocycles. The van der Waals surface area contributed by atoms with Gasteiger partial charge in [-0.2, -0.15) is 0 Å². The highest BCUT2D eigenvalue weighted by Crippen LogP contribution is 2.47. The Hall–Kier alpha value is -1.30. The zero-order chi connectivity index (χ0) is 19.6. The molecule has 0 aromatic carbocycles. The molecule has 2 aliphatic rings. The third-order valence-electron chi connectivity index (χ3n) is 6.01. The molecule has 1 aliphatic carbocycles. The van der Waals surface area contributed by atoms with Crippen LogP contribution in [0, 0.1) is 17.8 Å². The van der Waals surface area contributed by atoms with Gasteiger partial charge in [0, 0.05) is 12.3 Å². The number of fused-ring (bicyclic) bond motifs is 1. The summed E-state index contributed by atoms with van der Waals surface area (Å²) in [7, 11) is -2.10. The van der Waals surface area contributed by atoms with Crippen LogP contribution < -0.4 is 0 Å². The van der Waals surface area contributed by atoms with Gasteiger partial charge in [-0.15, -0.1) is 0 Å². The Bertz CT molecular complexity index is 545. The van der Waals surface area contributed by atoms with Crippen LogP contribution in [0.4, 0.5) is 0 Å². The quantitative estimate of drug-likeness (QED) is 0.481. The van der Waals surface area contributed by atoms with E-state index in [9.17, 15) is 9.59 Å². The highest BCUT2D eigenvalue weighted by atomic mass is 28.4. The van der Waals surface area contributed by atoms with Crippen molar-refractivity contribution in [2.75, 3.05) is 13.2 Å². The molecular formula is C20H34O5Si. The first-order chi connectivity index (χ1) is 12.1. The molecule has 1 saturated heterocycles. The molecule has 2 rings (SSSR count). The number of hydrogen-bond donors (Lipinski definition) is 0. The maximum atomic E-state index is 12.5. The van der Waals surface area contributed by atoms with E-state index in [1.165, 1.54) is 0 Å². The van der Waals surface area contributed by atoms with E-state index in [0.717, 1.165) is 5.76 Å². The molecule has 1 aliphatic heterocycles. The molecule has 0 N–H and O–H groups in total. The van der Waals surface area contributed by atoms with E-state index in [0.29, 0.717) is 36.3 Å². The third kappa shape index (κ3) is 3.71. The summed E-state index contributed by atoms with van der Waals surface area (Å²) in [6, 6.07) is 0. The van der Waals surface area contributed by atoms with Gasteiger partial charge < -0.3 is 13.9 Å². The van der Waals surface area contributed by atoms with Gasteiger partial charge in [0.15, 0.2) is 0 Å². The van der Waals surface area contributed by atoms with E-state index in [1.54, 1.807) is 6.92 Å². The van der Waals surface area contributed by atoms with Crippen molar-refractivity contribution < 1.29 is 23.5 Å². The summed E-state index contributed by atoms with van der Waals surface area (Å²) in [5, 5.41) is 0. The second-order valence-corrected chi connectivity index (χ2v) is 13.8. The zero-order valence-electron chi connectivity index (χ0n) is 17.2. The molecule has 6 heteroatoms. The van der Waals surface area contributed by atoms with Crippen LogP contribution in [0.1, 0.15) is 54.9 Å². The van der Waals surface area contributed by atoms with Crippen molar-refractivity contribution in [3.05, 3.63) is 11.8 Å². The molecule has 0 unspecified atom stereocenters. The number of carbonyl (C=O) groups excluding carboxylic acids is 2. The van der Waals surface area contributed by atoms with E-state index in [4.69, 9.17) is 13.9 Å². The third-order valence-corrected chi connectivity index (χ3v) is 12.0. The number of allylic oxidation sites excluding steroid dienone is 1. The lowest BCUT2D eigenvalue weighted by molar-refractivity contribution is -0.156. The first-order valence-corrected chi connectivity index (χ1v) is 12.0. The van der Waals surface area contributed by atoms with Crippen LogP contribution >= 0.6 is 0 Å². The normalized spacial score (nSPS) is 26.0. The minimum atomic E-state index is -2.10. The average molecular weight is 383 g/mol. The topological polar surface area (TPSA) is 61.8 Å². The van der Waals surface area contributed by atoms with E-state index in [1.807, 2.05) is 6.08 Å². The summed E-state index contributed by atoms with van der Waals surface area (Å²) in [6.07, 6.45) is 2.47. The lowest BCUT2D eigenvalue weighted by Crippen LogP contribution is -2.48. The van der Waals surface area contributed by atoms with Crippen molar-refractivity contribution in [3.8, 4) is 0 Å². The second-order valence-electron chi connectivity index (χ2n) is 8.44. The highest BCUT2D eigenvalue weighted by Gasteiger charge is 2.52. The van der Waals surface area contributed by atoms with Gasteiger partial charge in [0.2, 0.25) is 0 Å². The maximum Gasteiger partial charge on any atom is 0.310 e. The fraction of sp³-hybridized carbons (Fsp3) is 0.800. The molecule has 3 atom stereocenters. The molecule has 1 heterocycles. The van der Waals surface area contributed by atoms with E-state index in [2.05, 4.69) is 41.5 Å². The van der Waals surface area contributed by atoms with Crippen molar-refractivity contribution in [2.45, 2.75) is 71.5 Å². The second kappa shape index (κ2) is 8.15. The minimum absolute atomic E-state index is 0.0983. The molecular weight excluding hydrogens is 348 g/mol. The molecule has 0 aromatic rings. The van der Waals surface area contributed by atoms with Crippen LogP contribution in [0.15, 0.2) is 11.8 Å². The van der Waals surface area contributed by atoms with Gasteiger partial charge in [-0.05, 0) is 29.6 Å². The van der Waals surface area contributed by atoms with Gasteiger partial charge in [-0.25, -0.2) is 0 Å². The monoisotopic (exact) mass is 382 g/mol. The predicted octanol–water partition coefficient (Wildman–Crippen LogP) is 4.43. The van der Waals surface area contributed by atoms with Crippen molar-refractivity contribution in [1.29, 1.82) is 0 Å². The summed E-state index contributed by atoms with van der Waals surface area (Å²) in [6.45, 7) is 15.9. The van der Waals surface area contributed by atoms with Crippen molar-refractivity contribution >= 4 is 20.3 Å². The maximum absolute atomic E-state index is 12.5. The average Bonchev–Trinajstić information content (AvgIpc) is 2.92. The Morgan fingerprint density at radius 3 is 2.27 bits per heavy atom. The fourth-order valence-corrected chi connectivity index (χ4v) is 10.3. The molecule has 1 fully saturated rings. The van der Waals surface area contributed by atoms with Gasteiger partial charge in [0.05, 0.1) is 30.8 Å². The predicted molar refractivity (Wildman–Crippen MR) is 103 cm³/mol. The van der Waals surface area contributed by atoms with Gasteiger partial charge in [0.25, 0.3) is 8.32 Å². The SMILES string of the molecule is CCOC(=O)[C@H]1CC(O[Si](C(C)C)(C(C)C)C(C)C)=C[C@H]2COC(=O)[C@H]12. The first kappa shape index (κ1) is 21.0. The molecule has 0 aromatic heterocycles. The van der Waals surface area contributed by atoms with Crippen LogP contribution in [0.25, 0.3) is 0 Å². The van der Waals surface area contributed by atoms with Gasteiger partial charge in [-0.1, -0.05) is 41.5 Å². The van der Waals surface area contributed by atoms with Crippen LogP contribution in [-0.4, -0.2) is 33.5 Å². The van der Waals surface area contributed by atoms with Crippen molar-refractivity contribution in [2.24, 2.45) is 17.8 Å². The van der Waals surface area contributed by atoms with Gasteiger partial charge in [0.1, 0.15) is 0 Å². The summed E-state index contributed by atoms with van der Waals surface area (Å²) >= 11 is 0. The standard InChI is InChI=1S/C20H34O5Si/c1-8-23-19(21)17-10-16(9-15-11-24-20(22)18(15)17)25-26(12(2)3,13(4)5)14(6)7/h9,12-15,17-18H,8,10-11H2,1-7H3/t15-,17-,18-/m0/s1. The Morgan fingerprint density at radius 2 is 1.77 bits per heavy atom. The molecule has 0 bridgehead atoms. The van der Waals surface area contributed by atoms with Crippen LogP contribution in [0.5, 0.6) is 0 Å². The van der Waals surface area contributed by atoms with Gasteiger partial charge >= 0.3 is 11.9 Å². The lowest BCUT2D eigenvalue weighted by atomic mass is 9.77. The number of hydrogen-bond acceptors (Lipinski definition) is 5. The smallest absolute Gasteiger partial charge is 0.310 e. The molecule has 148 valence electrons.